The van der Waals surface area contributed by atoms with E-state index in [2.05, 4.69) is 9.80 Å². The van der Waals surface area contributed by atoms with Crippen LogP contribution in [-0.4, -0.2) is 67.8 Å². The molecule has 0 aromatic carbocycles. The summed E-state index contributed by atoms with van der Waals surface area (Å²) in [7, 11) is 0. The van der Waals surface area contributed by atoms with Gasteiger partial charge in [-0.2, -0.15) is 0 Å². The van der Waals surface area contributed by atoms with Gasteiger partial charge in [-0.25, -0.2) is 0 Å². The van der Waals surface area contributed by atoms with Gasteiger partial charge in [0.1, 0.15) is 0 Å². The molecule has 0 spiro atoms. The number of rotatable bonds is 5. The molecule has 0 saturated carbocycles. The number of ether oxygens (including phenoxy) is 1. The van der Waals surface area contributed by atoms with Crippen molar-refractivity contribution in [3.05, 3.63) is 0 Å². The summed E-state index contributed by atoms with van der Waals surface area (Å²) in [5.74, 6) is 0. The molecule has 2 heterocycles. The molecule has 0 bridgehead atoms. The molecule has 2 aliphatic heterocycles. The van der Waals surface area contributed by atoms with Crippen molar-refractivity contribution in [3.8, 4) is 0 Å². The van der Waals surface area contributed by atoms with E-state index in [9.17, 15) is 0 Å². The van der Waals surface area contributed by atoms with E-state index in [0.29, 0.717) is 0 Å². The molecule has 0 amide bonds. The average Bonchev–Trinajstić information content (AvgIpc) is 2.82. The van der Waals surface area contributed by atoms with Crippen molar-refractivity contribution in [2.75, 3.05) is 45.9 Å². The van der Waals surface area contributed by atoms with Crippen LogP contribution in [0.25, 0.3) is 0 Å². The first kappa shape index (κ1) is 13.3. The topological polar surface area (TPSA) is 41.7 Å². The van der Waals surface area contributed by atoms with E-state index >= 15 is 0 Å². The van der Waals surface area contributed by atoms with Crippen molar-refractivity contribution < 1.29 is 4.74 Å². The lowest BCUT2D eigenvalue weighted by Gasteiger charge is -2.35. The molecule has 0 aliphatic carbocycles. The first-order valence-electron chi connectivity index (χ1n) is 7.07. The SMILES string of the molecule is CC(N)C1CN(CCCN2CCCC2)CCO1. The first-order valence-corrected chi connectivity index (χ1v) is 7.07. The quantitative estimate of drug-likeness (QED) is 0.762. The summed E-state index contributed by atoms with van der Waals surface area (Å²) in [6.45, 7) is 10.1. The van der Waals surface area contributed by atoms with Gasteiger partial charge in [0.2, 0.25) is 0 Å². The number of likely N-dealkylation sites (tertiary alicyclic amines) is 1. The zero-order valence-corrected chi connectivity index (χ0v) is 11.1. The van der Waals surface area contributed by atoms with Gasteiger partial charge in [-0.15, -0.1) is 0 Å². The first-order chi connectivity index (χ1) is 8.25. The molecular weight excluding hydrogens is 214 g/mol. The van der Waals surface area contributed by atoms with Crippen LogP contribution in [0.4, 0.5) is 0 Å². The lowest BCUT2D eigenvalue weighted by molar-refractivity contribution is -0.0382. The molecule has 4 nitrogen and oxygen atoms in total. The second kappa shape index (κ2) is 6.69. The summed E-state index contributed by atoms with van der Waals surface area (Å²) in [4.78, 5) is 5.09. The Labute approximate surface area is 105 Å². The van der Waals surface area contributed by atoms with Crippen molar-refractivity contribution in [2.24, 2.45) is 5.73 Å². The number of nitrogens with two attached hydrogens (primary N) is 1. The summed E-state index contributed by atoms with van der Waals surface area (Å²) >= 11 is 0. The second-order valence-corrected chi connectivity index (χ2v) is 5.47. The van der Waals surface area contributed by atoms with Crippen LogP contribution in [0, 0.1) is 0 Å². The van der Waals surface area contributed by atoms with E-state index in [4.69, 9.17) is 10.5 Å². The molecule has 2 N–H and O–H groups in total. The molecule has 0 radical (unpaired) electrons. The molecule has 0 aromatic heterocycles. The average molecular weight is 241 g/mol. The molecule has 17 heavy (non-hydrogen) atoms. The summed E-state index contributed by atoms with van der Waals surface area (Å²) in [5, 5.41) is 0. The fourth-order valence-electron chi connectivity index (χ4n) is 2.78. The Morgan fingerprint density at radius 1 is 1.18 bits per heavy atom. The highest BCUT2D eigenvalue weighted by Crippen LogP contribution is 2.10. The summed E-state index contributed by atoms with van der Waals surface area (Å²) in [6, 6.07) is 0.149. The normalized spacial score (nSPS) is 29.6. The molecule has 2 fully saturated rings. The zero-order chi connectivity index (χ0) is 12.1. The number of hydrogen-bond acceptors (Lipinski definition) is 4. The smallest absolute Gasteiger partial charge is 0.0850 e. The van der Waals surface area contributed by atoms with Gasteiger partial charge in [0.15, 0.2) is 0 Å². The van der Waals surface area contributed by atoms with Crippen LogP contribution in [0.15, 0.2) is 0 Å². The van der Waals surface area contributed by atoms with Crippen LogP contribution in [0.5, 0.6) is 0 Å². The van der Waals surface area contributed by atoms with Crippen LogP contribution in [-0.2, 0) is 4.74 Å². The Morgan fingerprint density at radius 3 is 2.59 bits per heavy atom. The molecular formula is C13H27N3O. The molecule has 100 valence electrons. The number of hydrogen-bond donors (Lipinski definition) is 1. The van der Waals surface area contributed by atoms with Crippen LogP contribution in [0.1, 0.15) is 26.2 Å². The van der Waals surface area contributed by atoms with Gasteiger partial charge in [0.25, 0.3) is 0 Å². The minimum absolute atomic E-state index is 0.149. The Kier molecular flexibility index (Phi) is 5.22. The van der Waals surface area contributed by atoms with E-state index in [0.717, 1.165) is 19.7 Å². The highest BCUT2D eigenvalue weighted by molar-refractivity contribution is 4.78. The summed E-state index contributed by atoms with van der Waals surface area (Å²) in [5.41, 5.74) is 5.90. The van der Waals surface area contributed by atoms with Gasteiger partial charge >= 0.3 is 0 Å². The van der Waals surface area contributed by atoms with Gasteiger partial charge in [0.05, 0.1) is 12.7 Å². The number of morpholine rings is 1. The predicted molar refractivity (Wildman–Crippen MR) is 70.1 cm³/mol. The third kappa shape index (κ3) is 4.21. The molecule has 4 heteroatoms. The minimum Gasteiger partial charge on any atom is -0.374 e. The van der Waals surface area contributed by atoms with E-state index in [1.807, 2.05) is 6.92 Å². The Balaban J connectivity index is 1.61. The fraction of sp³-hybridized carbons (Fsp3) is 1.00. The van der Waals surface area contributed by atoms with E-state index < -0.39 is 0 Å². The lowest BCUT2D eigenvalue weighted by Crippen LogP contribution is -2.49. The maximum absolute atomic E-state index is 5.90. The molecule has 2 saturated heterocycles. The van der Waals surface area contributed by atoms with Crippen molar-refractivity contribution in [1.29, 1.82) is 0 Å². The molecule has 2 rings (SSSR count). The third-order valence-electron chi connectivity index (χ3n) is 3.91. The Hall–Kier alpha value is -0.160. The molecule has 2 aliphatic rings. The van der Waals surface area contributed by atoms with E-state index in [1.54, 1.807) is 0 Å². The summed E-state index contributed by atoms with van der Waals surface area (Å²) in [6.07, 6.45) is 4.30. The third-order valence-corrected chi connectivity index (χ3v) is 3.91. The maximum atomic E-state index is 5.90. The molecule has 2 unspecified atom stereocenters. The van der Waals surface area contributed by atoms with Gasteiger partial charge in [-0.3, -0.25) is 4.90 Å². The van der Waals surface area contributed by atoms with Crippen LogP contribution < -0.4 is 5.73 Å². The molecule has 2 atom stereocenters. The largest absolute Gasteiger partial charge is 0.374 e. The predicted octanol–water partition coefficient (Wildman–Crippen LogP) is 0.520. The lowest BCUT2D eigenvalue weighted by atomic mass is 10.1. The second-order valence-electron chi connectivity index (χ2n) is 5.47. The van der Waals surface area contributed by atoms with Crippen molar-refractivity contribution in [1.82, 2.24) is 9.80 Å². The van der Waals surface area contributed by atoms with Gasteiger partial charge in [-0.1, -0.05) is 0 Å². The van der Waals surface area contributed by atoms with Gasteiger partial charge in [-0.05, 0) is 52.4 Å². The van der Waals surface area contributed by atoms with Crippen LogP contribution >= 0.6 is 0 Å². The highest BCUT2D eigenvalue weighted by atomic mass is 16.5. The standard InChI is InChI=1S/C13H27N3O/c1-12(14)13-11-16(9-10-17-13)8-4-7-15-5-2-3-6-15/h12-13H,2-11,14H2,1H3. The van der Waals surface area contributed by atoms with Crippen molar-refractivity contribution in [3.63, 3.8) is 0 Å². The van der Waals surface area contributed by atoms with Crippen LogP contribution in [0.2, 0.25) is 0 Å². The van der Waals surface area contributed by atoms with Crippen molar-refractivity contribution >= 4 is 0 Å². The maximum Gasteiger partial charge on any atom is 0.0850 e. The Bertz CT molecular complexity index is 217. The number of nitrogens with zero attached hydrogens (tertiary/aromatic N) is 2. The fourth-order valence-corrected chi connectivity index (χ4v) is 2.78. The van der Waals surface area contributed by atoms with E-state index in [1.165, 1.54) is 45.4 Å². The highest BCUT2D eigenvalue weighted by Gasteiger charge is 2.23. The zero-order valence-electron chi connectivity index (χ0n) is 11.1. The van der Waals surface area contributed by atoms with Crippen molar-refractivity contribution in [2.45, 2.75) is 38.3 Å². The van der Waals surface area contributed by atoms with E-state index in [-0.39, 0.29) is 12.1 Å². The summed E-state index contributed by atoms with van der Waals surface area (Å²) < 4.78 is 5.67. The Morgan fingerprint density at radius 2 is 1.88 bits per heavy atom. The van der Waals surface area contributed by atoms with Gasteiger partial charge in [0, 0.05) is 19.1 Å². The minimum atomic E-state index is 0.149. The molecule has 0 aromatic rings. The van der Waals surface area contributed by atoms with Crippen LogP contribution in [0.3, 0.4) is 0 Å². The van der Waals surface area contributed by atoms with Gasteiger partial charge < -0.3 is 15.4 Å². The monoisotopic (exact) mass is 241 g/mol.